The highest BCUT2D eigenvalue weighted by molar-refractivity contribution is 9.10. The Bertz CT molecular complexity index is 788. The van der Waals surface area contributed by atoms with Gasteiger partial charge in [0.1, 0.15) is 6.61 Å². The molecule has 0 heterocycles. The number of terminal acetylenes is 1. The molecule has 0 atom stereocenters. The first-order valence-corrected chi connectivity index (χ1v) is 8.25. The summed E-state index contributed by atoms with van der Waals surface area (Å²) in [6.45, 7) is 0.356. The van der Waals surface area contributed by atoms with Gasteiger partial charge in [0.25, 0.3) is 0 Å². The van der Waals surface area contributed by atoms with E-state index in [4.69, 9.17) is 20.6 Å². The first-order valence-electron chi connectivity index (χ1n) is 7.46. The van der Waals surface area contributed by atoms with Gasteiger partial charge >= 0.3 is 5.97 Å². The van der Waals surface area contributed by atoms with Crippen LogP contribution in [0.2, 0.25) is 0 Å². The monoisotopic (exact) mass is 400 g/mol. The van der Waals surface area contributed by atoms with Gasteiger partial charge in [-0.1, -0.05) is 40.0 Å². The molecule has 25 heavy (non-hydrogen) atoms. The minimum Gasteiger partial charge on any atom is -0.493 e. The third-order valence-corrected chi connectivity index (χ3v) is 3.73. The van der Waals surface area contributed by atoms with Crippen LogP contribution in [0, 0.1) is 12.3 Å². The summed E-state index contributed by atoms with van der Waals surface area (Å²) in [4.78, 5) is 11.5. The van der Waals surface area contributed by atoms with E-state index in [9.17, 15) is 4.79 Å². The van der Waals surface area contributed by atoms with Crippen LogP contribution in [-0.4, -0.2) is 19.7 Å². The maximum absolute atomic E-state index is 11.5. The van der Waals surface area contributed by atoms with E-state index in [1.807, 2.05) is 30.3 Å². The lowest BCUT2D eigenvalue weighted by atomic mass is 10.2. The lowest BCUT2D eigenvalue weighted by Gasteiger charge is -2.11. The average molecular weight is 401 g/mol. The first-order chi connectivity index (χ1) is 12.1. The second-order valence-corrected chi connectivity index (χ2v) is 5.89. The van der Waals surface area contributed by atoms with Crippen molar-refractivity contribution in [2.75, 3.05) is 13.7 Å². The van der Waals surface area contributed by atoms with Crippen molar-refractivity contribution in [1.82, 2.24) is 0 Å². The predicted molar refractivity (Wildman–Crippen MR) is 100 cm³/mol. The largest absolute Gasteiger partial charge is 0.493 e. The molecule has 0 radical (unpaired) electrons. The highest BCUT2D eigenvalue weighted by Crippen LogP contribution is 2.29. The lowest BCUT2D eigenvalue weighted by molar-refractivity contribution is -0.136. The Morgan fingerprint density at radius 3 is 2.64 bits per heavy atom. The number of methoxy groups -OCH3 is 1. The van der Waals surface area contributed by atoms with Gasteiger partial charge in [-0.05, 0) is 41.5 Å². The molecular formula is C20H17BrO4. The van der Waals surface area contributed by atoms with E-state index in [0.717, 1.165) is 15.6 Å². The summed E-state index contributed by atoms with van der Waals surface area (Å²) in [6.07, 6.45) is 7.99. The Hall–Kier alpha value is -2.71. The van der Waals surface area contributed by atoms with Gasteiger partial charge in [0.2, 0.25) is 0 Å². The summed E-state index contributed by atoms with van der Waals surface area (Å²) >= 11 is 3.40. The van der Waals surface area contributed by atoms with E-state index < -0.39 is 5.97 Å². The molecule has 0 saturated heterocycles. The molecule has 0 aliphatic carbocycles. The Morgan fingerprint density at radius 2 is 1.96 bits per heavy atom. The highest BCUT2D eigenvalue weighted by atomic mass is 79.9. The van der Waals surface area contributed by atoms with Crippen LogP contribution in [0.4, 0.5) is 0 Å². The van der Waals surface area contributed by atoms with Gasteiger partial charge in [0.05, 0.1) is 7.11 Å². The number of ether oxygens (including phenoxy) is 3. The number of hydrogen-bond donors (Lipinski definition) is 0. The molecular weight excluding hydrogens is 384 g/mol. The van der Waals surface area contributed by atoms with Crippen molar-refractivity contribution in [3.8, 4) is 23.8 Å². The molecule has 0 fully saturated rings. The van der Waals surface area contributed by atoms with Crippen LogP contribution in [0.5, 0.6) is 11.5 Å². The molecule has 0 aromatic heterocycles. The Labute approximate surface area is 155 Å². The number of halogens is 1. The van der Waals surface area contributed by atoms with Gasteiger partial charge in [-0.2, -0.15) is 0 Å². The highest BCUT2D eigenvalue weighted by Gasteiger charge is 2.06. The summed E-state index contributed by atoms with van der Waals surface area (Å²) in [5.74, 6) is 2.95. The van der Waals surface area contributed by atoms with E-state index in [-0.39, 0.29) is 6.61 Å². The molecule has 0 aliphatic heterocycles. The first kappa shape index (κ1) is 18.6. The normalized spacial score (nSPS) is 10.3. The van der Waals surface area contributed by atoms with Gasteiger partial charge < -0.3 is 14.2 Å². The zero-order chi connectivity index (χ0) is 18.1. The molecule has 2 aromatic rings. The summed E-state index contributed by atoms with van der Waals surface area (Å²) in [7, 11) is 1.58. The maximum atomic E-state index is 11.5. The third-order valence-electron chi connectivity index (χ3n) is 3.20. The van der Waals surface area contributed by atoms with E-state index in [1.165, 1.54) is 6.08 Å². The summed E-state index contributed by atoms with van der Waals surface area (Å²) < 4.78 is 17.0. The molecule has 2 rings (SSSR count). The number of carbonyl (C=O) groups excluding carboxylic acids is 1. The van der Waals surface area contributed by atoms with E-state index in [0.29, 0.717) is 18.1 Å². The standard InChI is InChI=1S/C20H17BrO4/c1-3-12-24-20(22)11-7-15-6-10-18(23-2)19(13-15)25-14-16-4-8-17(21)9-5-16/h1,4-11,13H,12,14H2,2H3/b11-7+. The van der Waals surface area contributed by atoms with Crippen molar-refractivity contribution in [2.45, 2.75) is 6.61 Å². The van der Waals surface area contributed by atoms with Crippen LogP contribution in [0.15, 0.2) is 53.0 Å². The second kappa shape index (κ2) is 9.55. The maximum Gasteiger partial charge on any atom is 0.331 e. The molecule has 0 saturated carbocycles. The number of carbonyl (C=O) groups is 1. The van der Waals surface area contributed by atoms with Gasteiger partial charge in [-0.25, -0.2) is 4.79 Å². The summed E-state index contributed by atoms with van der Waals surface area (Å²) in [6, 6.07) is 13.2. The van der Waals surface area contributed by atoms with E-state index >= 15 is 0 Å². The average Bonchev–Trinajstić information content (AvgIpc) is 2.64. The Balaban J connectivity index is 2.08. The quantitative estimate of drug-likeness (QED) is 0.396. The molecule has 0 amide bonds. The Morgan fingerprint density at radius 1 is 1.20 bits per heavy atom. The van der Waals surface area contributed by atoms with Gasteiger partial charge in [0.15, 0.2) is 18.1 Å². The lowest BCUT2D eigenvalue weighted by Crippen LogP contribution is -2.00. The van der Waals surface area contributed by atoms with Crippen molar-refractivity contribution in [1.29, 1.82) is 0 Å². The topological polar surface area (TPSA) is 44.8 Å². The summed E-state index contributed by atoms with van der Waals surface area (Å²) in [5, 5.41) is 0. The van der Waals surface area contributed by atoms with Crippen LogP contribution in [0.1, 0.15) is 11.1 Å². The zero-order valence-corrected chi connectivity index (χ0v) is 15.3. The van der Waals surface area contributed by atoms with E-state index in [2.05, 4.69) is 21.9 Å². The van der Waals surface area contributed by atoms with Gasteiger partial charge in [0, 0.05) is 10.5 Å². The van der Waals surface area contributed by atoms with Gasteiger partial charge in [-0.15, -0.1) is 6.42 Å². The van der Waals surface area contributed by atoms with Crippen molar-refractivity contribution in [2.24, 2.45) is 0 Å². The molecule has 4 nitrogen and oxygen atoms in total. The molecule has 0 unspecified atom stereocenters. The Kier molecular flexibility index (Phi) is 7.12. The SMILES string of the molecule is C#CCOC(=O)/C=C/c1ccc(OC)c(OCc2ccc(Br)cc2)c1. The van der Waals surface area contributed by atoms with Crippen molar-refractivity contribution in [3.05, 3.63) is 64.1 Å². The van der Waals surface area contributed by atoms with Crippen LogP contribution in [0.25, 0.3) is 6.08 Å². The molecule has 2 aromatic carbocycles. The van der Waals surface area contributed by atoms with Gasteiger partial charge in [-0.3, -0.25) is 0 Å². The molecule has 0 aliphatic rings. The zero-order valence-electron chi connectivity index (χ0n) is 13.7. The predicted octanol–water partition coefficient (Wildman–Crippen LogP) is 4.23. The molecule has 0 spiro atoms. The second-order valence-electron chi connectivity index (χ2n) is 4.97. The fraction of sp³-hybridized carbons (Fsp3) is 0.150. The van der Waals surface area contributed by atoms with Crippen LogP contribution >= 0.6 is 15.9 Å². The third kappa shape index (κ3) is 6.02. The number of hydrogen-bond acceptors (Lipinski definition) is 4. The summed E-state index contributed by atoms with van der Waals surface area (Å²) in [5.41, 5.74) is 1.81. The number of benzene rings is 2. The molecule has 128 valence electrons. The fourth-order valence-electron chi connectivity index (χ4n) is 1.98. The number of esters is 1. The van der Waals surface area contributed by atoms with Crippen molar-refractivity contribution in [3.63, 3.8) is 0 Å². The fourth-order valence-corrected chi connectivity index (χ4v) is 2.24. The smallest absolute Gasteiger partial charge is 0.331 e. The van der Waals surface area contributed by atoms with Crippen LogP contribution < -0.4 is 9.47 Å². The molecule has 0 N–H and O–H groups in total. The van der Waals surface area contributed by atoms with Crippen LogP contribution in [-0.2, 0) is 16.1 Å². The molecule has 5 heteroatoms. The minimum atomic E-state index is -0.494. The molecule has 0 bridgehead atoms. The van der Waals surface area contributed by atoms with Crippen molar-refractivity contribution >= 4 is 28.0 Å². The number of rotatable bonds is 7. The minimum absolute atomic E-state index is 0.0483. The van der Waals surface area contributed by atoms with Crippen LogP contribution in [0.3, 0.4) is 0 Å². The van der Waals surface area contributed by atoms with E-state index in [1.54, 1.807) is 25.3 Å². The van der Waals surface area contributed by atoms with Crippen molar-refractivity contribution < 1.29 is 19.0 Å².